The first-order valence-electron chi connectivity index (χ1n) is 11.1. The predicted octanol–water partition coefficient (Wildman–Crippen LogP) is 2.99. The highest BCUT2D eigenvalue weighted by atomic mass is 32.1. The van der Waals surface area contributed by atoms with Crippen molar-refractivity contribution in [1.82, 2.24) is 4.57 Å². The fourth-order valence-electron chi connectivity index (χ4n) is 3.99. The predicted molar refractivity (Wildman–Crippen MR) is 137 cm³/mol. The third-order valence-corrected chi connectivity index (χ3v) is 6.71. The van der Waals surface area contributed by atoms with E-state index < -0.39 is 12.0 Å². The van der Waals surface area contributed by atoms with Crippen LogP contribution in [0.3, 0.4) is 0 Å². The maximum atomic E-state index is 13.8. The maximum absolute atomic E-state index is 13.8. The first kappa shape index (κ1) is 25.0. The number of methoxy groups -OCH3 is 3. The topological polar surface area (TPSA) is 88.4 Å². The van der Waals surface area contributed by atoms with Gasteiger partial charge in [-0.05, 0) is 48.9 Å². The third kappa shape index (κ3) is 4.70. The van der Waals surface area contributed by atoms with E-state index in [9.17, 15) is 9.59 Å². The maximum Gasteiger partial charge on any atom is 0.338 e. The summed E-state index contributed by atoms with van der Waals surface area (Å²) in [6, 6.07) is 11.9. The quantitative estimate of drug-likeness (QED) is 0.345. The zero-order valence-corrected chi connectivity index (χ0v) is 21.3. The molecule has 0 radical (unpaired) electrons. The Morgan fingerprint density at radius 1 is 1.08 bits per heavy atom. The highest BCUT2D eigenvalue weighted by molar-refractivity contribution is 7.07. The number of hydrogen-bond acceptors (Lipinski definition) is 8. The number of ether oxygens (including phenoxy) is 4. The molecule has 3 aromatic rings. The Balaban J connectivity index is 1.94. The Bertz CT molecular complexity index is 1520. The average Bonchev–Trinajstić information content (AvgIpc) is 3.20. The lowest BCUT2D eigenvalue weighted by Crippen LogP contribution is -2.39. The lowest BCUT2D eigenvalue weighted by Gasteiger charge is -2.24. The normalized spacial score (nSPS) is 15.1. The molecule has 0 spiro atoms. The molecule has 1 aliphatic heterocycles. The molecule has 0 bridgehead atoms. The molecular weight excluding hydrogens is 480 g/mol. The molecule has 0 saturated carbocycles. The number of carbonyl (C=O) groups is 1. The molecule has 9 heteroatoms. The number of hydrogen-bond donors (Lipinski definition) is 0. The lowest BCUT2D eigenvalue weighted by molar-refractivity contribution is -0.138. The van der Waals surface area contributed by atoms with Crippen LogP contribution in [0.5, 0.6) is 17.2 Å². The first-order valence-corrected chi connectivity index (χ1v) is 11.9. The van der Waals surface area contributed by atoms with Crippen LogP contribution in [0.15, 0.2) is 76.2 Å². The van der Waals surface area contributed by atoms with Gasteiger partial charge in [0.05, 0.1) is 43.2 Å². The molecule has 0 amide bonds. The smallest absolute Gasteiger partial charge is 0.338 e. The van der Waals surface area contributed by atoms with Crippen molar-refractivity contribution in [3.63, 3.8) is 0 Å². The van der Waals surface area contributed by atoms with Crippen molar-refractivity contribution in [3.05, 3.63) is 97.2 Å². The lowest BCUT2D eigenvalue weighted by atomic mass is 9.96. The highest BCUT2D eigenvalue weighted by Crippen LogP contribution is 2.32. The summed E-state index contributed by atoms with van der Waals surface area (Å²) in [7, 11) is 4.71. The van der Waals surface area contributed by atoms with Crippen molar-refractivity contribution >= 4 is 23.4 Å². The van der Waals surface area contributed by atoms with Gasteiger partial charge in [0.2, 0.25) is 0 Å². The van der Waals surface area contributed by atoms with Gasteiger partial charge in [0.1, 0.15) is 23.9 Å². The van der Waals surface area contributed by atoms with E-state index in [-0.39, 0.29) is 12.2 Å². The average molecular weight is 507 g/mol. The number of allylic oxidation sites excluding steroid dienone is 1. The summed E-state index contributed by atoms with van der Waals surface area (Å²) in [4.78, 5) is 31.9. The summed E-state index contributed by atoms with van der Waals surface area (Å²) in [6.45, 7) is 5.39. The van der Waals surface area contributed by atoms with Crippen LogP contribution in [0.2, 0.25) is 0 Å². The van der Waals surface area contributed by atoms with Crippen LogP contribution in [-0.4, -0.2) is 38.5 Å². The second-order valence-electron chi connectivity index (χ2n) is 7.85. The van der Waals surface area contributed by atoms with E-state index in [1.807, 2.05) is 12.1 Å². The Hall–Kier alpha value is -4.11. The molecule has 2 heterocycles. The van der Waals surface area contributed by atoms with Crippen LogP contribution in [0.1, 0.15) is 24.1 Å². The van der Waals surface area contributed by atoms with Crippen LogP contribution in [0.25, 0.3) is 6.08 Å². The van der Waals surface area contributed by atoms with Crippen LogP contribution in [0, 0.1) is 0 Å². The van der Waals surface area contributed by atoms with Gasteiger partial charge in [-0.15, -0.1) is 0 Å². The molecule has 1 aliphatic rings. The largest absolute Gasteiger partial charge is 0.497 e. The molecule has 1 aromatic heterocycles. The minimum Gasteiger partial charge on any atom is -0.497 e. The number of aromatic nitrogens is 1. The van der Waals surface area contributed by atoms with Crippen molar-refractivity contribution in [1.29, 1.82) is 0 Å². The number of fused-ring (bicyclic) bond motifs is 1. The van der Waals surface area contributed by atoms with Crippen molar-refractivity contribution in [2.75, 3.05) is 27.9 Å². The molecule has 0 saturated heterocycles. The Kier molecular flexibility index (Phi) is 7.40. The number of thiazole rings is 1. The van der Waals surface area contributed by atoms with E-state index in [1.54, 1.807) is 64.7 Å². The molecule has 8 nitrogen and oxygen atoms in total. The summed E-state index contributed by atoms with van der Waals surface area (Å²) in [5.74, 6) is 1.33. The monoisotopic (exact) mass is 506 g/mol. The molecule has 0 fully saturated rings. The molecule has 36 heavy (non-hydrogen) atoms. The number of carbonyl (C=O) groups excluding carboxylic acids is 1. The number of esters is 1. The minimum absolute atomic E-state index is 0.0466. The second-order valence-corrected chi connectivity index (χ2v) is 8.86. The van der Waals surface area contributed by atoms with Gasteiger partial charge < -0.3 is 18.9 Å². The van der Waals surface area contributed by atoms with Gasteiger partial charge in [-0.25, -0.2) is 9.79 Å². The van der Waals surface area contributed by atoms with E-state index in [2.05, 4.69) is 11.6 Å². The van der Waals surface area contributed by atoms with E-state index in [4.69, 9.17) is 18.9 Å². The molecule has 186 valence electrons. The fraction of sp³-hybridized carbons (Fsp3) is 0.222. The number of benzene rings is 2. The second kappa shape index (κ2) is 10.7. The highest BCUT2D eigenvalue weighted by Gasteiger charge is 2.33. The summed E-state index contributed by atoms with van der Waals surface area (Å²) >= 11 is 1.24. The zero-order chi connectivity index (χ0) is 25.8. The van der Waals surface area contributed by atoms with Crippen molar-refractivity contribution in [3.8, 4) is 17.2 Å². The first-order chi connectivity index (χ1) is 17.4. The van der Waals surface area contributed by atoms with Gasteiger partial charge >= 0.3 is 5.97 Å². The van der Waals surface area contributed by atoms with Crippen molar-refractivity contribution in [2.45, 2.75) is 13.0 Å². The standard InChI is InChI=1S/C27H26N2O6S/c1-6-13-35-26(31)23-16(2)28-27-29(24(23)17-7-9-19(32-3)10-8-17)25(30)22(36-27)15-18-14-20(33-4)11-12-21(18)34-5/h6-12,14-15,24H,1,13H2,2-5H3/b22-15+/t24-/m1/s1. The Morgan fingerprint density at radius 2 is 1.78 bits per heavy atom. The van der Waals surface area contributed by atoms with Gasteiger partial charge in [-0.3, -0.25) is 9.36 Å². The van der Waals surface area contributed by atoms with Crippen molar-refractivity contribution in [2.24, 2.45) is 4.99 Å². The molecule has 0 N–H and O–H groups in total. The SMILES string of the molecule is C=CCOC(=O)C1=C(C)N=c2s/c(=C/c3cc(OC)ccc3OC)c(=O)n2[C@@H]1c1ccc(OC)cc1. The van der Waals surface area contributed by atoms with E-state index in [1.165, 1.54) is 22.0 Å². The molecule has 2 aromatic carbocycles. The summed E-state index contributed by atoms with van der Waals surface area (Å²) in [5, 5.41) is 0. The molecule has 0 unspecified atom stereocenters. The van der Waals surface area contributed by atoms with E-state index >= 15 is 0 Å². The third-order valence-electron chi connectivity index (χ3n) is 5.73. The molecule has 0 aliphatic carbocycles. The van der Waals surface area contributed by atoms with Gasteiger partial charge in [-0.2, -0.15) is 0 Å². The summed E-state index contributed by atoms with van der Waals surface area (Å²) < 4.78 is 23.4. The Morgan fingerprint density at radius 3 is 2.42 bits per heavy atom. The number of nitrogens with zero attached hydrogens (tertiary/aromatic N) is 2. The summed E-state index contributed by atoms with van der Waals surface area (Å²) in [5.41, 5.74) is 1.90. The van der Waals surface area contributed by atoms with Crippen LogP contribution < -0.4 is 29.1 Å². The van der Waals surface area contributed by atoms with Gasteiger partial charge in [0.15, 0.2) is 4.80 Å². The van der Waals surface area contributed by atoms with Crippen molar-refractivity contribution < 1.29 is 23.7 Å². The van der Waals surface area contributed by atoms with Crippen LogP contribution in [-0.2, 0) is 9.53 Å². The molecule has 4 rings (SSSR count). The van der Waals surface area contributed by atoms with Gasteiger partial charge in [0, 0.05) is 5.56 Å². The van der Waals surface area contributed by atoms with Crippen LogP contribution in [0.4, 0.5) is 0 Å². The summed E-state index contributed by atoms with van der Waals surface area (Å²) in [6.07, 6.45) is 3.23. The Labute approximate surface area is 212 Å². The van der Waals surface area contributed by atoms with Gasteiger partial charge in [-0.1, -0.05) is 36.1 Å². The van der Waals surface area contributed by atoms with Crippen LogP contribution >= 0.6 is 11.3 Å². The number of rotatable bonds is 8. The van der Waals surface area contributed by atoms with E-state index in [0.29, 0.717) is 43.4 Å². The fourth-order valence-corrected chi connectivity index (χ4v) is 5.03. The zero-order valence-electron chi connectivity index (χ0n) is 20.4. The molecule has 1 atom stereocenters. The van der Waals surface area contributed by atoms with Gasteiger partial charge in [0.25, 0.3) is 5.56 Å². The van der Waals surface area contributed by atoms with E-state index in [0.717, 1.165) is 5.56 Å². The minimum atomic E-state index is -0.723. The molecular formula is C27H26N2O6S.